The Labute approximate surface area is 114 Å². The molecule has 0 aliphatic heterocycles. The summed E-state index contributed by atoms with van der Waals surface area (Å²) in [5.41, 5.74) is 6.77. The summed E-state index contributed by atoms with van der Waals surface area (Å²) in [6, 6.07) is 6.94. The van der Waals surface area contributed by atoms with Gasteiger partial charge in [-0.3, -0.25) is 4.90 Å². The van der Waals surface area contributed by atoms with Crippen molar-refractivity contribution in [2.45, 2.75) is 45.2 Å². The zero-order valence-corrected chi connectivity index (χ0v) is 11.9. The fourth-order valence-corrected chi connectivity index (χ4v) is 2.37. The van der Waals surface area contributed by atoms with E-state index in [1.165, 1.54) is 6.07 Å². The minimum Gasteiger partial charge on any atom is -0.329 e. The van der Waals surface area contributed by atoms with Crippen LogP contribution in [0.5, 0.6) is 0 Å². The monoisotopic (exact) mass is 270 g/mol. The van der Waals surface area contributed by atoms with E-state index in [0.29, 0.717) is 12.6 Å². The Morgan fingerprint density at radius 1 is 1.26 bits per heavy atom. The van der Waals surface area contributed by atoms with E-state index in [2.05, 4.69) is 18.7 Å². The van der Waals surface area contributed by atoms with Crippen LogP contribution in [0.2, 0.25) is 0 Å². The summed E-state index contributed by atoms with van der Waals surface area (Å²) in [7, 11) is 2.01. The van der Waals surface area contributed by atoms with Gasteiger partial charge in [-0.1, -0.05) is 31.5 Å². The number of halogens is 2. The standard InChI is InChI=1S/C15H24F2N2/c1-4-6-11(2)19(3)14(10-18)12-7-5-8-13(9-12)15(16)17/h5,7-9,11,14-15H,4,6,10,18H2,1-3H3. The first-order valence-electron chi connectivity index (χ1n) is 6.81. The maximum absolute atomic E-state index is 12.7. The van der Waals surface area contributed by atoms with Gasteiger partial charge in [-0.2, -0.15) is 0 Å². The third-order valence-corrected chi connectivity index (χ3v) is 3.66. The highest BCUT2D eigenvalue weighted by Gasteiger charge is 2.20. The molecule has 2 atom stereocenters. The summed E-state index contributed by atoms with van der Waals surface area (Å²) in [6.45, 7) is 4.71. The average molecular weight is 270 g/mol. The van der Waals surface area contributed by atoms with Gasteiger partial charge in [0.25, 0.3) is 6.43 Å². The molecule has 1 rings (SSSR count). The molecule has 108 valence electrons. The molecule has 0 aliphatic carbocycles. The summed E-state index contributed by atoms with van der Waals surface area (Å²) in [4.78, 5) is 2.17. The molecule has 0 spiro atoms. The highest BCUT2D eigenvalue weighted by molar-refractivity contribution is 5.27. The first kappa shape index (κ1) is 16.1. The van der Waals surface area contributed by atoms with E-state index in [4.69, 9.17) is 5.73 Å². The molecule has 0 amide bonds. The van der Waals surface area contributed by atoms with Crippen molar-refractivity contribution in [1.29, 1.82) is 0 Å². The Morgan fingerprint density at radius 3 is 2.42 bits per heavy atom. The van der Waals surface area contributed by atoms with Crippen molar-refractivity contribution in [2.75, 3.05) is 13.6 Å². The van der Waals surface area contributed by atoms with Crippen LogP contribution in [0.4, 0.5) is 8.78 Å². The van der Waals surface area contributed by atoms with E-state index in [9.17, 15) is 8.78 Å². The Kier molecular flexibility index (Phi) is 6.38. The zero-order valence-electron chi connectivity index (χ0n) is 11.9. The smallest absolute Gasteiger partial charge is 0.263 e. The lowest BCUT2D eigenvalue weighted by Gasteiger charge is -2.33. The molecule has 19 heavy (non-hydrogen) atoms. The summed E-state index contributed by atoms with van der Waals surface area (Å²) < 4.78 is 25.5. The molecule has 2 nitrogen and oxygen atoms in total. The Hall–Kier alpha value is -1.00. The van der Waals surface area contributed by atoms with Crippen molar-refractivity contribution in [2.24, 2.45) is 5.73 Å². The van der Waals surface area contributed by atoms with Crippen molar-refractivity contribution in [1.82, 2.24) is 4.90 Å². The van der Waals surface area contributed by atoms with Crippen LogP contribution < -0.4 is 5.73 Å². The molecule has 2 N–H and O–H groups in total. The van der Waals surface area contributed by atoms with E-state index >= 15 is 0 Å². The van der Waals surface area contributed by atoms with Gasteiger partial charge >= 0.3 is 0 Å². The molecular weight excluding hydrogens is 246 g/mol. The number of alkyl halides is 2. The van der Waals surface area contributed by atoms with E-state index in [0.717, 1.165) is 18.4 Å². The molecule has 0 saturated carbocycles. The third kappa shape index (κ3) is 4.25. The zero-order chi connectivity index (χ0) is 14.4. The summed E-state index contributed by atoms with van der Waals surface area (Å²) in [5.74, 6) is 0. The number of nitrogens with zero attached hydrogens (tertiary/aromatic N) is 1. The predicted molar refractivity (Wildman–Crippen MR) is 75.3 cm³/mol. The van der Waals surface area contributed by atoms with Gasteiger partial charge in [0.15, 0.2) is 0 Å². The van der Waals surface area contributed by atoms with Gasteiger partial charge in [0.1, 0.15) is 0 Å². The van der Waals surface area contributed by atoms with Crippen molar-refractivity contribution >= 4 is 0 Å². The second-order valence-electron chi connectivity index (χ2n) is 5.03. The number of likely N-dealkylation sites (N-methyl/N-ethyl adjacent to an activating group) is 1. The van der Waals surface area contributed by atoms with E-state index in [1.807, 2.05) is 13.1 Å². The van der Waals surface area contributed by atoms with Crippen LogP contribution in [0, 0.1) is 0 Å². The first-order valence-corrected chi connectivity index (χ1v) is 6.81. The molecule has 0 saturated heterocycles. The van der Waals surface area contributed by atoms with Gasteiger partial charge < -0.3 is 5.73 Å². The highest BCUT2D eigenvalue weighted by atomic mass is 19.3. The molecule has 0 bridgehead atoms. The van der Waals surface area contributed by atoms with Crippen LogP contribution in [0.1, 0.15) is 50.3 Å². The topological polar surface area (TPSA) is 29.3 Å². The number of rotatable bonds is 7. The van der Waals surface area contributed by atoms with E-state index in [1.54, 1.807) is 12.1 Å². The van der Waals surface area contributed by atoms with Gasteiger partial charge in [0.2, 0.25) is 0 Å². The maximum atomic E-state index is 12.7. The van der Waals surface area contributed by atoms with Gasteiger partial charge in [-0.05, 0) is 32.0 Å². The fourth-order valence-electron chi connectivity index (χ4n) is 2.37. The Morgan fingerprint density at radius 2 is 1.89 bits per heavy atom. The largest absolute Gasteiger partial charge is 0.329 e. The van der Waals surface area contributed by atoms with Crippen LogP contribution in [0.3, 0.4) is 0 Å². The molecule has 0 heterocycles. The van der Waals surface area contributed by atoms with Crippen LogP contribution >= 0.6 is 0 Å². The lowest BCUT2D eigenvalue weighted by atomic mass is 10.0. The van der Waals surface area contributed by atoms with Crippen molar-refractivity contribution in [3.05, 3.63) is 35.4 Å². The summed E-state index contributed by atoms with van der Waals surface area (Å²) in [6.07, 6.45) is -0.266. The molecular formula is C15H24F2N2. The minimum absolute atomic E-state index is 0.0137. The predicted octanol–water partition coefficient (Wildman–Crippen LogP) is 3.74. The van der Waals surface area contributed by atoms with Crippen LogP contribution in [-0.2, 0) is 0 Å². The fraction of sp³-hybridized carbons (Fsp3) is 0.600. The molecule has 0 aromatic heterocycles. The Balaban J connectivity index is 2.93. The molecule has 0 aliphatic rings. The quantitative estimate of drug-likeness (QED) is 0.817. The SMILES string of the molecule is CCCC(C)N(C)C(CN)c1cccc(C(F)F)c1. The molecule has 0 radical (unpaired) electrons. The van der Waals surface area contributed by atoms with Crippen molar-refractivity contribution in [3.63, 3.8) is 0 Å². The first-order chi connectivity index (χ1) is 9.01. The van der Waals surface area contributed by atoms with Gasteiger partial charge in [-0.15, -0.1) is 0 Å². The van der Waals surface area contributed by atoms with Gasteiger partial charge in [0.05, 0.1) is 0 Å². The molecule has 4 heteroatoms. The van der Waals surface area contributed by atoms with Crippen LogP contribution in [-0.4, -0.2) is 24.5 Å². The van der Waals surface area contributed by atoms with Crippen LogP contribution in [0.25, 0.3) is 0 Å². The number of hydrogen-bond acceptors (Lipinski definition) is 2. The number of benzene rings is 1. The average Bonchev–Trinajstić information content (AvgIpc) is 2.40. The third-order valence-electron chi connectivity index (χ3n) is 3.66. The minimum atomic E-state index is -2.43. The second-order valence-corrected chi connectivity index (χ2v) is 5.03. The summed E-state index contributed by atoms with van der Waals surface area (Å²) >= 11 is 0. The second kappa shape index (κ2) is 7.56. The van der Waals surface area contributed by atoms with Crippen molar-refractivity contribution in [3.8, 4) is 0 Å². The molecule has 1 aromatic carbocycles. The van der Waals surface area contributed by atoms with E-state index < -0.39 is 6.43 Å². The summed E-state index contributed by atoms with van der Waals surface area (Å²) in [5, 5.41) is 0. The normalized spacial score (nSPS) is 14.9. The number of hydrogen-bond donors (Lipinski definition) is 1. The lowest BCUT2D eigenvalue weighted by molar-refractivity contribution is 0.150. The van der Waals surface area contributed by atoms with Gasteiger partial charge in [-0.25, -0.2) is 8.78 Å². The molecule has 0 fully saturated rings. The van der Waals surface area contributed by atoms with Crippen LogP contribution in [0.15, 0.2) is 24.3 Å². The number of nitrogens with two attached hydrogens (primary N) is 1. The van der Waals surface area contributed by atoms with Crippen molar-refractivity contribution < 1.29 is 8.78 Å². The highest BCUT2D eigenvalue weighted by Crippen LogP contribution is 2.26. The maximum Gasteiger partial charge on any atom is 0.263 e. The van der Waals surface area contributed by atoms with Gasteiger partial charge in [0, 0.05) is 24.2 Å². The molecule has 1 aromatic rings. The lowest BCUT2D eigenvalue weighted by Crippen LogP contribution is -2.37. The van der Waals surface area contributed by atoms with E-state index in [-0.39, 0.29) is 11.6 Å². The molecule has 2 unspecified atom stereocenters. The Bertz CT molecular complexity index is 382.